The maximum absolute atomic E-state index is 13.2. The molecule has 0 aromatic heterocycles. The summed E-state index contributed by atoms with van der Waals surface area (Å²) in [5, 5.41) is 0.438. The fourth-order valence-electron chi connectivity index (χ4n) is 2.96. The van der Waals surface area contributed by atoms with Gasteiger partial charge in [-0.2, -0.15) is 0 Å². The molecular weight excluding hydrogens is 437 g/mol. The number of carbonyl (C=O) groups excluding carboxylic acids is 2. The Balaban J connectivity index is 1.88. The first-order valence-electron chi connectivity index (χ1n) is 8.18. The highest BCUT2D eigenvalue weighted by molar-refractivity contribution is 9.10. The first-order chi connectivity index (χ1) is 12.9. The highest BCUT2D eigenvalue weighted by Gasteiger charge is 2.29. The summed E-state index contributed by atoms with van der Waals surface area (Å²) >= 11 is 9.51. The molecule has 0 bridgehead atoms. The lowest BCUT2D eigenvalue weighted by atomic mass is 9.96. The molecule has 1 amide bonds. The van der Waals surface area contributed by atoms with Crippen LogP contribution in [0.5, 0.6) is 5.75 Å². The normalized spacial score (nSPS) is 16.5. The van der Waals surface area contributed by atoms with Crippen LogP contribution in [0.15, 0.2) is 53.1 Å². The maximum Gasteiger partial charge on any atom is 0.231 e. The standard InChI is InChI=1S/C20H16BrClFNO3/c1-27-19-8-13(16(21)11-17(19)22)9-20(26)24-7-6-15(25)10-18(24)12-2-4-14(23)5-3-12/h2-8,11,18H,9-10H2,1H3/t18-/m0/s1. The SMILES string of the molecule is COc1cc(CC(=O)N2C=CC(=O)C[C@H]2c2ccc(F)cc2)c(Br)cc1Cl. The van der Waals surface area contributed by atoms with Crippen molar-refractivity contribution in [3.05, 3.63) is 75.1 Å². The van der Waals surface area contributed by atoms with E-state index in [2.05, 4.69) is 15.9 Å². The van der Waals surface area contributed by atoms with Crippen molar-refractivity contribution in [2.24, 2.45) is 0 Å². The van der Waals surface area contributed by atoms with Gasteiger partial charge in [-0.3, -0.25) is 9.59 Å². The molecule has 1 atom stereocenters. The zero-order chi connectivity index (χ0) is 19.6. The van der Waals surface area contributed by atoms with Crippen LogP contribution in [0.3, 0.4) is 0 Å². The van der Waals surface area contributed by atoms with Crippen LogP contribution in [0.1, 0.15) is 23.6 Å². The van der Waals surface area contributed by atoms with Gasteiger partial charge < -0.3 is 9.64 Å². The molecule has 0 saturated carbocycles. The molecule has 2 aromatic rings. The average Bonchev–Trinajstić information content (AvgIpc) is 2.64. The van der Waals surface area contributed by atoms with Gasteiger partial charge in [0, 0.05) is 17.1 Å². The van der Waals surface area contributed by atoms with Gasteiger partial charge >= 0.3 is 0 Å². The molecule has 1 aliphatic rings. The number of allylic oxidation sites excluding steroid dienone is 1. The molecular formula is C20H16BrClFNO3. The Morgan fingerprint density at radius 2 is 2.04 bits per heavy atom. The van der Waals surface area contributed by atoms with E-state index in [0.29, 0.717) is 26.4 Å². The van der Waals surface area contributed by atoms with E-state index < -0.39 is 6.04 Å². The van der Waals surface area contributed by atoms with E-state index in [1.54, 1.807) is 24.3 Å². The third-order valence-corrected chi connectivity index (χ3v) is 5.39. The van der Waals surface area contributed by atoms with Crippen molar-refractivity contribution >= 4 is 39.2 Å². The lowest BCUT2D eigenvalue weighted by Gasteiger charge is -2.31. The monoisotopic (exact) mass is 451 g/mol. The van der Waals surface area contributed by atoms with E-state index in [0.717, 1.165) is 0 Å². The van der Waals surface area contributed by atoms with Crippen molar-refractivity contribution in [1.29, 1.82) is 0 Å². The van der Waals surface area contributed by atoms with Crippen molar-refractivity contribution in [1.82, 2.24) is 4.90 Å². The van der Waals surface area contributed by atoms with Crippen LogP contribution in [0, 0.1) is 5.82 Å². The molecule has 3 rings (SSSR count). The molecule has 27 heavy (non-hydrogen) atoms. The number of halogens is 3. The Kier molecular flexibility index (Phi) is 5.97. The van der Waals surface area contributed by atoms with Gasteiger partial charge in [-0.05, 0) is 41.5 Å². The van der Waals surface area contributed by atoms with Crippen molar-refractivity contribution in [3.63, 3.8) is 0 Å². The fourth-order valence-corrected chi connectivity index (χ4v) is 3.82. The largest absolute Gasteiger partial charge is 0.495 e. The number of methoxy groups -OCH3 is 1. The van der Waals surface area contributed by atoms with E-state index in [1.165, 1.54) is 36.4 Å². The highest BCUT2D eigenvalue weighted by Crippen LogP contribution is 2.33. The number of ketones is 1. The van der Waals surface area contributed by atoms with Crippen LogP contribution in [-0.4, -0.2) is 23.7 Å². The van der Waals surface area contributed by atoms with Crippen molar-refractivity contribution < 1.29 is 18.7 Å². The van der Waals surface area contributed by atoms with Crippen LogP contribution in [0.2, 0.25) is 5.02 Å². The summed E-state index contributed by atoms with van der Waals surface area (Å²) in [7, 11) is 1.50. The van der Waals surface area contributed by atoms with Gasteiger partial charge in [-0.15, -0.1) is 0 Å². The third kappa shape index (κ3) is 4.39. The Labute approximate surface area is 169 Å². The predicted molar refractivity (Wildman–Crippen MR) is 104 cm³/mol. The number of nitrogens with zero attached hydrogens (tertiary/aromatic N) is 1. The molecule has 0 fully saturated rings. The number of hydrogen-bond acceptors (Lipinski definition) is 3. The van der Waals surface area contributed by atoms with Crippen molar-refractivity contribution in [2.45, 2.75) is 18.9 Å². The summed E-state index contributed by atoms with van der Waals surface area (Å²) < 4.78 is 19.1. The Hall–Kier alpha value is -2.18. The van der Waals surface area contributed by atoms with Crippen LogP contribution >= 0.6 is 27.5 Å². The molecule has 7 heteroatoms. The third-order valence-electron chi connectivity index (χ3n) is 4.36. The molecule has 4 nitrogen and oxygen atoms in total. The molecule has 2 aromatic carbocycles. The molecule has 0 spiro atoms. The number of carbonyl (C=O) groups is 2. The van der Waals surface area contributed by atoms with Crippen LogP contribution in [0.25, 0.3) is 0 Å². The maximum atomic E-state index is 13.2. The first kappa shape index (κ1) is 19.6. The first-order valence-corrected chi connectivity index (χ1v) is 9.35. The number of hydrogen-bond donors (Lipinski definition) is 0. The minimum atomic E-state index is -0.469. The van der Waals surface area contributed by atoms with Gasteiger partial charge in [-0.1, -0.05) is 39.7 Å². The molecule has 0 aliphatic carbocycles. The average molecular weight is 453 g/mol. The summed E-state index contributed by atoms with van der Waals surface area (Å²) in [5.41, 5.74) is 1.42. The molecule has 0 N–H and O–H groups in total. The van der Waals surface area contributed by atoms with Gasteiger partial charge in [0.25, 0.3) is 0 Å². The van der Waals surface area contributed by atoms with Gasteiger partial charge in [0.1, 0.15) is 11.6 Å². The number of rotatable bonds is 4. The minimum Gasteiger partial charge on any atom is -0.495 e. The van der Waals surface area contributed by atoms with E-state index in [1.807, 2.05) is 0 Å². The summed E-state index contributed by atoms with van der Waals surface area (Å²) in [5.74, 6) is -0.172. The fraction of sp³-hybridized carbons (Fsp3) is 0.200. The van der Waals surface area contributed by atoms with E-state index in [9.17, 15) is 14.0 Å². The van der Waals surface area contributed by atoms with Gasteiger partial charge in [0.15, 0.2) is 5.78 Å². The molecule has 0 unspecified atom stereocenters. The number of amides is 1. The smallest absolute Gasteiger partial charge is 0.231 e. The number of benzene rings is 2. The summed E-state index contributed by atoms with van der Waals surface area (Å²) in [6.45, 7) is 0. The highest BCUT2D eigenvalue weighted by atomic mass is 79.9. The van der Waals surface area contributed by atoms with Gasteiger partial charge in [-0.25, -0.2) is 4.39 Å². The second-order valence-corrected chi connectivity index (χ2v) is 7.37. The zero-order valence-corrected chi connectivity index (χ0v) is 16.8. The molecule has 1 heterocycles. The second kappa shape index (κ2) is 8.23. The van der Waals surface area contributed by atoms with Gasteiger partial charge in [0.05, 0.1) is 24.6 Å². The lowest BCUT2D eigenvalue weighted by Crippen LogP contribution is -2.35. The van der Waals surface area contributed by atoms with E-state index in [-0.39, 0.29) is 30.3 Å². The van der Waals surface area contributed by atoms with Crippen LogP contribution in [0.4, 0.5) is 4.39 Å². The Morgan fingerprint density at radius 3 is 2.70 bits per heavy atom. The van der Waals surface area contributed by atoms with Crippen LogP contribution < -0.4 is 4.74 Å². The summed E-state index contributed by atoms with van der Waals surface area (Å²) in [6, 6.07) is 8.74. The number of ether oxygens (including phenoxy) is 1. The summed E-state index contributed by atoms with van der Waals surface area (Å²) in [6.07, 6.45) is 3.11. The zero-order valence-electron chi connectivity index (χ0n) is 14.4. The van der Waals surface area contributed by atoms with E-state index in [4.69, 9.17) is 16.3 Å². The quantitative estimate of drug-likeness (QED) is 0.666. The molecule has 1 aliphatic heterocycles. The second-order valence-electron chi connectivity index (χ2n) is 6.11. The topological polar surface area (TPSA) is 46.6 Å². The van der Waals surface area contributed by atoms with Crippen molar-refractivity contribution in [3.8, 4) is 5.75 Å². The van der Waals surface area contributed by atoms with Gasteiger partial charge in [0.2, 0.25) is 5.91 Å². The molecule has 140 valence electrons. The van der Waals surface area contributed by atoms with Crippen LogP contribution in [-0.2, 0) is 16.0 Å². The Bertz CT molecular complexity index is 914. The van der Waals surface area contributed by atoms with E-state index >= 15 is 0 Å². The lowest BCUT2D eigenvalue weighted by molar-refractivity contribution is -0.131. The molecule has 0 saturated heterocycles. The summed E-state index contributed by atoms with van der Waals surface area (Å²) in [4.78, 5) is 26.4. The Morgan fingerprint density at radius 1 is 1.33 bits per heavy atom. The predicted octanol–water partition coefficient (Wildman–Crippen LogP) is 4.85. The van der Waals surface area contributed by atoms with Crippen molar-refractivity contribution in [2.75, 3.05) is 7.11 Å². The molecule has 0 radical (unpaired) electrons. The minimum absolute atomic E-state index is 0.0808.